The van der Waals surface area contributed by atoms with Crippen LogP contribution >= 0.6 is 0 Å². The van der Waals surface area contributed by atoms with Gasteiger partial charge in [-0.15, -0.1) is 5.10 Å². The molecule has 1 aliphatic rings. The van der Waals surface area contributed by atoms with Crippen molar-refractivity contribution >= 4 is 11.9 Å². The quantitative estimate of drug-likeness (QED) is 0.866. The fourth-order valence-corrected chi connectivity index (χ4v) is 2.44. The van der Waals surface area contributed by atoms with Crippen LogP contribution in [0.25, 0.3) is 5.69 Å². The molecule has 2 heterocycles. The Balaban J connectivity index is 1.88. The number of nitrogens with zero attached hydrogens (tertiary/aromatic N) is 5. The summed E-state index contributed by atoms with van der Waals surface area (Å²) in [4.78, 5) is 25.1. The molecule has 1 atom stereocenters. The standard InChI is InChI=1S/C13H13N5O3/c19-12(17-6-5-9(7-17)13(20)21)10-3-1-2-4-11(10)18-8-14-15-16-18/h1-4,8-9H,5-7H2,(H,20,21)/t9-/m1/s1. The lowest BCUT2D eigenvalue weighted by Gasteiger charge is -2.17. The van der Waals surface area contributed by atoms with Crippen LogP contribution in [0.5, 0.6) is 0 Å². The summed E-state index contributed by atoms with van der Waals surface area (Å²) in [5.41, 5.74) is 1.03. The van der Waals surface area contributed by atoms with Crippen LogP contribution in [0.3, 0.4) is 0 Å². The number of carbonyl (C=O) groups is 2. The van der Waals surface area contributed by atoms with Crippen LogP contribution in [0.2, 0.25) is 0 Å². The van der Waals surface area contributed by atoms with E-state index in [1.54, 1.807) is 29.2 Å². The number of rotatable bonds is 3. The van der Waals surface area contributed by atoms with Gasteiger partial charge in [-0.3, -0.25) is 9.59 Å². The molecule has 0 unspecified atom stereocenters. The number of tetrazole rings is 1. The Morgan fingerprint density at radius 3 is 2.76 bits per heavy atom. The van der Waals surface area contributed by atoms with Crippen LogP contribution in [0.15, 0.2) is 30.6 Å². The summed E-state index contributed by atoms with van der Waals surface area (Å²) in [6.07, 6.45) is 1.89. The number of amides is 1. The maximum atomic E-state index is 12.6. The molecule has 1 aliphatic heterocycles. The topological polar surface area (TPSA) is 101 Å². The fraction of sp³-hybridized carbons (Fsp3) is 0.308. The van der Waals surface area contributed by atoms with E-state index in [1.165, 1.54) is 11.0 Å². The second-order valence-electron chi connectivity index (χ2n) is 4.85. The van der Waals surface area contributed by atoms with Crippen LogP contribution in [-0.2, 0) is 4.79 Å². The zero-order chi connectivity index (χ0) is 14.8. The molecule has 0 radical (unpaired) electrons. The molecule has 0 aliphatic carbocycles. The van der Waals surface area contributed by atoms with Crippen molar-refractivity contribution in [2.24, 2.45) is 5.92 Å². The number of hydrogen-bond donors (Lipinski definition) is 1. The third-order valence-electron chi connectivity index (χ3n) is 3.55. The first-order chi connectivity index (χ1) is 10.2. The van der Waals surface area contributed by atoms with Gasteiger partial charge in [0.2, 0.25) is 0 Å². The normalized spacial score (nSPS) is 17.9. The van der Waals surface area contributed by atoms with Gasteiger partial charge in [-0.05, 0) is 29.0 Å². The molecule has 0 saturated carbocycles. The van der Waals surface area contributed by atoms with E-state index < -0.39 is 11.9 Å². The summed E-state index contributed by atoms with van der Waals surface area (Å²) in [5.74, 6) is -1.56. The second-order valence-corrected chi connectivity index (χ2v) is 4.85. The average Bonchev–Trinajstić information content (AvgIpc) is 3.18. The number of aromatic nitrogens is 4. The van der Waals surface area contributed by atoms with Crippen molar-refractivity contribution < 1.29 is 14.7 Å². The smallest absolute Gasteiger partial charge is 0.308 e. The average molecular weight is 287 g/mol. The molecule has 3 rings (SSSR count). The van der Waals surface area contributed by atoms with Gasteiger partial charge >= 0.3 is 5.97 Å². The van der Waals surface area contributed by atoms with E-state index in [4.69, 9.17) is 5.11 Å². The molecule has 8 nitrogen and oxygen atoms in total. The number of hydrogen-bond acceptors (Lipinski definition) is 5. The van der Waals surface area contributed by atoms with Gasteiger partial charge in [-0.25, -0.2) is 0 Å². The fourth-order valence-electron chi connectivity index (χ4n) is 2.44. The molecule has 8 heteroatoms. The minimum atomic E-state index is -0.862. The van der Waals surface area contributed by atoms with E-state index in [-0.39, 0.29) is 12.5 Å². The first kappa shape index (κ1) is 13.2. The Hall–Kier alpha value is -2.77. The van der Waals surface area contributed by atoms with E-state index in [0.717, 1.165) is 0 Å². The summed E-state index contributed by atoms with van der Waals surface area (Å²) in [5, 5.41) is 19.9. The number of para-hydroxylation sites is 1. The molecule has 21 heavy (non-hydrogen) atoms. The molecule has 0 bridgehead atoms. The van der Waals surface area contributed by atoms with Crippen LogP contribution < -0.4 is 0 Å². The molecule has 1 N–H and O–H groups in total. The van der Waals surface area contributed by atoms with Gasteiger partial charge in [0, 0.05) is 13.1 Å². The van der Waals surface area contributed by atoms with Gasteiger partial charge in [0.25, 0.3) is 5.91 Å². The molecule has 108 valence electrons. The Kier molecular flexibility index (Phi) is 3.35. The van der Waals surface area contributed by atoms with Gasteiger partial charge < -0.3 is 10.0 Å². The summed E-state index contributed by atoms with van der Waals surface area (Å²) in [6.45, 7) is 0.678. The van der Waals surface area contributed by atoms with E-state index in [9.17, 15) is 9.59 Å². The highest BCUT2D eigenvalue weighted by molar-refractivity contribution is 5.98. The Morgan fingerprint density at radius 2 is 2.10 bits per heavy atom. The largest absolute Gasteiger partial charge is 0.481 e. The Labute approximate surface area is 120 Å². The predicted octanol–water partition coefficient (Wildman–Crippen LogP) is 0.209. The van der Waals surface area contributed by atoms with Gasteiger partial charge in [-0.2, -0.15) is 4.68 Å². The number of benzene rings is 1. The lowest BCUT2D eigenvalue weighted by atomic mass is 10.1. The maximum Gasteiger partial charge on any atom is 0.308 e. The second kappa shape index (κ2) is 5.31. The molecule has 0 spiro atoms. The van der Waals surface area contributed by atoms with Crippen LogP contribution in [0.1, 0.15) is 16.8 Å². The molecule has 1 fully saturated rings. The third kappa shape index (κ3) is 2.47. The molecule has 1 aromatic heterocycles. The van der Waals surface area contributed by atoms with Crippen molar-refractivity contribution in [3.63, 3.8) is 0 Å². The van der Waals surface area contributed by atoms with Crippen LogP contribution in [0, 0.1) is 5.92 Å². The summed E-state index contributed by atoms with van der Waals surface area (Å²) < 4.78 is 1.41. The van der Waals surface area contributed by atoms with Crippen molar-refractivity contribution in [3.05, 3.63) is 36.2 Å². The van der Waals surface area contributed by atoms with Crippen LogP contribution in [-0.4, -0.2) is 55.2 Å². The SMILES string of the molecule is O=C(O)[C@@H]1CCN(C(=O)c2ccccc2-n2cnnn2)C1. The van der Waals surface area contributed by atoms with E-state index in [0.29, 0.717) is 24.2 Å². The minimum Gasteiger partial charge on any atom is -0.481 e. The third-order valence-corrected chi connectivity index (χ3v) is 3.55. The molecule has 2 aromatic rings. The van der Waals surface area contributed by atoms with Crippen molar-refractivity contribution in [1.82, 2.24) is 25.1 Å². The van der Waals surface area contributed by atoms with Crippen molar-refractivity contribution in [2.45, 2.75) is 6.42 Å². The number of carboxylic acid groups (broad SMARTS) is 1. The van der Waals surface area contributed by atoms with Gasteiger partial charge in [0.05, 0.1) is 17.2 Å². The highest BCUT2D eigenvalue weighted by Gasteiger charge is 2.32. The maximum absolute atomic E-state index is 12.6. The van der Waals surface area contributed by atoms with E-state index in [2.05, 4.69) is 15.5 Å². The highest BCUT2D eigenvalue weighted by Crippen LogP contribution is 2.21. The van der Waals surface area contributed by atoms with Crippen LogP contribution in [0.4, 0.5) is 0 Å². The van der Waals surface area contributed by atoms with E-state index in [1.807, 2.05) is 0 Å². The monoisotopic (exact) mass is 287 g/mol. The highest BCUT2D eigenvalue weighted by atomic mass is 16.4. The summed E-state index contributed by atoms with van der Waals surface area (Å²) in [7, 11) is 0. The lowest BCUT2D eigenvalue weighted by molar-refractivity contribution is -0.141. The molecule has 1 amide bonds. The number of aliphatic carboxylic acids is 1. The predicted molar refractivity (Wildman–Crippen MR) is 70.8 cm³/mol. The van der Waals surface area contributed by atoms with Crippen molar-refractivity contribution in [3.8, 4) is 5.69 Å². The Morgan fingerprint density at radius 1 is 1.29 bits per heavy atom. The summed E-state index contributed by atoms with van der Waals surface area (Å²) in [6, 6.07) is 6.98. The number of carbonyl (C=O) groups excluding carboxylic acids is 1. The van der Waals surface area contributed by atoms with Gasteiger partial charge in [-0.1, -0.05) is 12.1 Å². The molecular weight excluding hydrogens is 274 g/mol. The lowest BCUT2D eigenvalue weighted by Crippen LogP contribution is -2.30. The minimum absolute atomic E-state index is 0.204. The molecular formula is C13H13N5O3. The summed E-state index contributed by atoms with van der Waals surface area (Å²) >= 11 is 0. The zero-order valence-electron chi connectivity index (χ0n) is 11.1. The number of likely N-dealkylation sites (tertiary alicyclic amines) is 1. The molecule has 1 saturated heterocycles. The van der Waals surface area contributed by atoms with Gasteiger partial charge in [0.1, 0.15) is 6.33 Å². The van der Waals surface area contributed by atoms with Gasteiger partial charge in [0.15, 0.2) is 0 Å². The zero-order valence-corrected chi connectivity index (χ0v) is 11.1. The molecule has 1 aromatic carbocycles. The van der Waals surface area contributed by atoms with Crippen molar-refractivity contribution in [1.29, 1.82) is 0 Å². The van der Waals surface area contributed by atoms with Crippen molar-refractivity contribution in [2.75, 3.05) is 13.1 Å². The Bertz CT molecular complexity index is 670. The first-order valence-electron chi connectivity index (χ1n) is 6.51. The number of carboxylic acids is 1. The first-order valence-corrected chi connectivity index (χ1v) is 6.51. The van der Waals surface area contributed by atoms with E-state index >= 15 is 0 Å².